The second-order valence-electron chi connectivity index (χ2n) is 6.43. The first-order valence-electron chi connectivity index (χ1n) is 8.45. The highest BCUT2D eigenvalue weighted by Crippen LogP contribution is 2.35. The van der Waals surface area contributed by atoms with Crippen LogP contribution in [-0.2, 0) is 9.59 Å². The van der Waals surface area contributed by atoms with Crippen LogP contribution in [0.4, 0.5) is 11.4 Å². The zero-order chi connectivity index (χ0) is 19.7. The minimum Gasteiger partial charge on any atom is -0.479 e. The lowest BCUT2D eigenvalue weighted by atomic mass is 10.1. The lowest BCUT2D eigenvalue weighted by Gasteiger charge is -2.32. The third-order valence-electron chi connectivity index (χ3n) is 4.34. The molecule has 2 aromatic rings. The molecule has 0 fully saturated rings. The van der Waals surface area contributed by atoms with Crippen molar-refractivity contribution in [2.45, 2.75) is 26.9 Å². The number of carbonyl (C=O) groups excluding carboxylic acids is 3. The Balaban J connectivity index is 1.87. The molecule has 7 heteroatoms. The molecule has 1 aliphatic heterocycles. The molecule has 1 N–H and O–H groups in total. The largest absolute Gasteiger partial charge is 0.479 e. The van der Waals surface area contributed by atoms with Crippen LogP contribution in [0, 0.1) is 6.92 Å². The minimum absolute atomic E-state index is 0.134. The molecular formula is C20H19ClN2O4. The normalized spacial score (nSPS) is 15.8. The molecule has 3 rings (SSSR count). The molecule has 0 saturated heterocycles. The average Bonchev–Trinajstić information content (AvgIpc) is 2.61. The molecule has 0 aliphatic carbocycles. The van der Waals surface area contributed by atoms with E-state index in [0.29, 0.717) is 27.7 Å². The second kappa shape index (κ2) is 7.40. The zero-order valence-electron chi connectivity index (χ0n) is 15.2. The third-order valence-corrected chi connectivity index (χ3v) is 4.57. The molecule has 140 valence electrons. The Kier molecular flexibility index (Phi) is 5.19. The van der Waals surface area contributed by atoms with E-state index >= 15 is 0 Å². The van der Waals surface area contributed by atoms with Gasteiger partial charge in [-0.3, -0.25) is 19.3 Å². The fourth-order valence-corrected chi connectivity index (χ4v) is 3.12. The molecule has 1 heterocycles. The maximum Gasteiger partial charge on any atom is 0.268 e. The second-order valence-corrected chi connectivity index (χ2v) is 6.87. The molecule has 0 spiro atoms. The number of anilines is 2. The molecule has 0 radical (unpaired) electrons. The summed E-state index contributed by atoms with van der Waals surface area (Å²) in [6.45, 7) is 4.70. The van der Waals surface area contributed by atoms with Crippen molar-refractivity contribution in [1.82, 2.24) is 0 Å². The number of benzene rings is 2. The van der Waals surface area contributed by atoms with Gasteiger partial charge in [-0.05, 0) is 62.7 Å². The van der Waals surface area contributed by atoms with Crippen LogP contribution in [0.3, 0.4) is 0 Å². The van der Waals surface area contributed by atoms with Gasteiger partial charge in [0.15, 0.2) is 11.9 Å². The molecule has 1 unspecified atom stereocenters. The van der Waals surface area contributed by atoms with Crippen molar-refractivity contribution in [3.63, 3.8) is 0 Å². The van der Waals surface area contributed by atoms with E-state index in [1.54, 1.807) is 43.3 Å². The molecule has 0 bridgehead atoms. The number of halogens is 1. The first-order chi connectivity index (χ1) is 12.8. The number of nitrogens with one attached hydrogen (secondary N) is 1. The lowest BCUT2D eigenvalue weighted by Crippen LogP contribution is -2.47. The van der Waals surface area contributed by atoms with Gasteiger partial charge in [-0.2, -0.15) is 0 Å². The Morgan fingerprint density at radius 2 is 1.96 bits per heavy atom. The molecule has 6 nitrogen and oxygen atoms in total. The van der Waals surface area contributed by atoms with Crippen molar-refractivity contribution >= 4 is 40.6 Å². The number of aryl methyl sites for hydroxylation is 1. The molecule has 2 aromatic carbocycles. The Hall–Kier alpha value is -2.86. The summed E-state index contributed by atoms with van der Waals surface area (Å²) in [5.74, 6) is -0.374. The number of ketones is 1. The van der Waals surface area contributed by atoms with E-state index < -0.39 is 6.10 Å². The minimum atomic E-state index is -0.717. The van der Waals surface area contributed by atoms with Crippen LogP contribution in [0.5, 0.6) is 5.75 Å². The van der Waals surface area contributed by atoms with Crippen molar-refractivity contribution in [2.75, 3.05) is 16.8 Å². The summed E-state index contributed by atoms with van der Waals surface area (Å²) in [6, 6.07) is 9.99. The number of Topliss-reactive ketones (excluding diaryl/α,β-unsaturated/α-hetero) is 1. The maximum atomic E-state index is 12.6. The van der Waals surface area contributed by atoms with Gasteiger partial charge in [-0.25, -0.2) is 0 Å². The number of amides is 2. The summed E-state index contributed by atoms with van der Waals surface area (Å²) in [6.07, 6.45) is -0.717. The van der Waals surface area contributed by atoms with Gasteiger partial charge in [0.1, 0.15) is 12.3 Å². The van der Waals surface area contributed by atoms with Gasteiger partial charge in [0.2, 0.25) is 5.91 Å². The van der Waals surface area contributed by atoms with Crippen LogP contribution in [0.15, 0.2) is 36.4 Å². The lowest BCUT2D eigenvalue weighted by molar-refractivity contribution is -0.127. The van der Waals surface area contributed by atoms with E-state index in [4.69, 9.17) is 16.3 Å². The standard InChI is InChI=1S/C20H19ClN2O4/c1-11-8-15(21)5-6-16(11)22-19(25)10-23-17-9-14(12(2)24)4-7-18(17)27-13(3)20(23)26/h4-9,13H,10H2,1-3H3,(H,22,25). The fourth-order valence-electron chi connectivity index (χ4n) is 2.89. The van der Waals surface area contributed by atoms with Crippen molar-refractivity contribution in [3.8, 4) is 5.75 Å². The van der Waals surface area contributed by atoms with Gasteiger partial charge in [0.25, 0.3) is 5.91 Å². The van der Waals surface area contributed by atoms with E-state index in [1.165, 1.54) is 11.8 Å². The molecule has 0 aromatic heterocycles. The summed E-state index contributed by atoms with van der Waals surface area (Å²) in [5.41, 5.74) is 2.29. The summed E-state index contributed by atoms with van der Waals surface area (Å²) < 4.78 is 5.59. The molecule has 1 aliphatic rings. The van der Waals surface area contributed by atoms with Crippen molar-refractivity contribution in [1.29, 1.82) is 0 Å². The first kappa shape index (κ1) is 18.9. The number of ether oxygens (including phenoxy) is 1. The highest BCUT2D eigenvalue weighted by Gasteiger charge is 2.33. The summed E-state index contributed by atoms with van der Waals surface area (Å²) in [4.78, 5) is 38.2. The Bertz CT molecular complexity index is 942. The monoisotopic (exact) mass is 386 g/mol. The van der Waals surface area contributed by atoms with Crippen LogP contribution < -0.4 is 15.0 Å². The Morgan fingerprint density at radius 3 is 2.63 bits per heavy atom. The molecular weight excluding hydrogens is 368 g/mol. The molecule has 2 amide bonds. The van der Waals surface area contributed by atoms with E-state index in [9.17, 15) is 14.4 Å². The maximum absolute atomic E-state index is 12.6. The fraction of sp³-hybridized carbons (Fsp3) is 0.250. The molecule has 1 atom stereocenters. The van der Waals surface area contributed by atoms with Gasteiger partial charge in [0.05, 0.1) is 5.69 Å². The highest BCUT2D eigenvalue weighted by molar-refractivity contribution is 6.30. The molecule has 0 saturated carbocycles. The van der Waals surface area contributed by atoms with E-state index in [-0.39, 0.29) is 24.1 Å². The summed E-state index contributed by atoms with van der Waals surface area (Å²) >= 11 is 5.93. The SMILES string of the molecule is CC(=O)c1ccc2c(c1)N(CC(=O)Nc1ccc(Cl)cc1C)C(=O)C(C)O2. The van der Waals surface area contributed by atoms with E-state index in [0.717, 1.165) is 5.56 Å². The van der Waals surface area contributed by atoms with Crippen molar-refractivity contribution in [2.24, 2.45) is 0 Å². The van der Waals surface area contributed by atoms with Crippen LogP contribution >= 0.6 is 11.6 Å². The van der Waals surface area contributed by atoms with Gasteiger partial charge in [-0.15, -0.1) is 0 Å². The first-order valence-corrected chi connectivity index (χ1v) is 8.83. The summed E-state index contributed by atoms with van der Waals surface area (Å²) in [7, 11) is 0. The van der Waals surface area contributed by atoms with Gasteiger partial charge in [-0.1, -0.05) is 11.6 Å². The highest BCUT2D eigenvalue weighted by atomic mass is 35.5. The number of hydrogen-bond donors (Lipinski definition) is 1. The number of carbonyl (C=O) groups is 3. The average molecular weight is 387 g/mol. The van der Waals surface area contributed by atoms with Gasteiger partial charge in [0, 0.05) is 16.3 Å². The van der Waals surface area contributed by atoms with Crippen molar-refractivity contribution in [3.05, 3.63) is 52.5 Å². The van der Waals surface area contributed by atoms with E-state index in [2.05, 4.69) is 5.32 Å². The van der Waals surface area contributed by atoms with Crippen LogP contribution in [0.25, 0.3) is 0 Å². The Labute approximate surface area is 162 Å². The number of fused-ring (bicyclic) bond motifs is 1. The van der Waals surface area contributed by atoms with Gasteiger partial charge >= 0.3 is 0 Å². The van der Waals surface area contributed by atoms with Crippen LogP contribution in [-0.4, -0.2) is 30.2 Å². The van der Waals surface area contributed by atoms with Crippen LogP contribution in [0.1, 0.15) is 29.8 Å². The summed E-state index contributed by atoms with van der Waals surface area (Å²) in [5, 5.41) is 3.37. The van der Waals surface area contributed by atoms with Gasteiger partial charge < -0.3 is 10.1 Å². The van der Waals surface area contributed by atoms with Crippen LogP contribution in [0.2, 0.25) is 5.02 Å². The molecule has 27 heavy (non-hydrogen) atoms. The number of hydrogen-bond acceptors (Lipinski definition) is 4. The third kappa shape index (κ3) is 3.95. The smallest absolute Gasteiger partial charge is 0.268 e. The zero-order valence-corrected chi connectivity index (χ0v) is 16.0. The van der Waals surface area contributed by atoms with Crippen molar-refractivity contribution < 1.29 is 19.1 Å². The topological polar surface area (TPSA) is 75.7 Å². The predicted octanol–water partition coefficient (Wildman–Crippen LogP) is 3.60. The number of nitrogens with zero attached hydrogens (tertiary/aromatic N) is 1. The quantitative estimate of drug-likeness (QED) is 0.814. The van der Waals surface area contributed by atoms with E-state index in [1.807, 2.05) is 6.92 Å². The predicted molar refractivity (Wildman–Crippen MR) is 104 cm³/mol. The number of rotatable bonds is 4. The Morgan fingerprint density at radius 1 is 1.22 bits per heavy atom.